The van der Waals surface area contributed by atoms with Crippen LogP contribution in [0.5, 0.6) is 0 Å². The van der Waals surface area contributed by atoms with E-state index in [0.717, 1.165) is 24.9 Å². The van der Waals surface area contributed by atoms with E-state index in [1.807, 2.05) is 30.3 Å². The average Bonchev–Trinajstić information content (AvgIpc) is 2.35. The van der Waals surface area contributed by atoms with E-state index >= 15 is 0 Å². The predicted octanol–water partition coefficient (Wildman–Crippen LogP) is 3.20. The molecule has 0 saturated heterocycles. The number of nitrogens with two attached hydrogens (primary N) is 1. The minimum Gasteiger partial charge on any atom is -0.330 e. The number of benzene rings is 1. The van der Waals surface area contributed by atoms with Crippen molar-refractivity contribution < 1.29 is 4.79 Å². The van der Waals surface area contributed by atoms with Gasteiger partial charge in [-0.1, -0.05) is 44.2 Å². The quantitative estimate of drug-likeness (QED) is 0.766. The summed E-state index contributed by atoms with van der Waals surface area (Å²) in [5.41, 5.74) is 6.73. The maximum absolute atomic E-state index is 11.9. The number of Topliss-reactive ketones (excluding diaryl/α,β-unsaturated/α-hetero) is 1. The van der Waals surface area contributed by atoms with Gasteiger partial charge < -0.3 is 5.73 Å². The zero-order chi connectivity index (χ0) is 13.4. The molecule has 0 aliphatic carbocycles. The van der Waals surface area contributed by atoms with Crippen molar-refractivity contribution in [2.75, 3.05) is 6.54 Å². The first-order chi connectivity index (χ1) is 8.63. The van der Waals surface area contributed by atoms with Gasteiger partial charge in [-0.3, -0.25) is 4.79 Å². The number of rotatable bonds is 8. The molecule has 0 spiro atoms. The summed E-state index contributed by atoms with van der Waals surface area (Å²) in [6, 6.07) is 9.96. The second-order valence-electron chi connectivity index (χ2n) is 5.32. The number of carbonyl (C=O) groups is 1. The normalized spacial score (nSPS) is 12.7. The lowest BCUT2D eigenvalue weighted by Gasteiger charge is -2.19. The first-order valence-corrected chi connectivity index (χ1v) is 6.89. The summed E-state index contributed by atoms with van der Waals surface area (Å²) in [7, 11) is 0. The predicted molar refractivity (Wildman–Crippen MR) is 76.4 cm³/mol. The van der Waals surface area contributed by atoms with Crippen molar-refractivity contribution >= 4 is 5.78 Å². The van der Waals surface area contributed by atoms with Gasteiger partial charge in [0.15, 0.2) is 0 Å². The Kier molecular flexibility index (Phi) is 6.66. The molecule has 18 heavy (non-hydrogen) atoms. The maximum Gasteiger partial charge on any atom is 0.137 e. The summed E-state index contributed by atoms with van der Waals surface area (Å²) in [6.07, 6.45) is 3.24. The smallest absolute Gasteiger partial charge is 0.137 e. The van der Waals surface area contributed by atoms with Crippen molar-refractivity contribution in [3.8, 4) is 0 Å². The van der Waals surface area contributed by atoms with Crippen LogP contribution in [0.1, 0.15) is 38.7 Å². The van der Waals surface area contributed by atoms with Gasteiger partial charge in [0.1, 0.15) is 5.78 Å². The largest absolute Gasteiger partial charge is 0.330 e. The summed E-state index contributed by atoms with van der Waals surface area (Å²) in [6.45, 7) is 5.14. The Morgan fingerprint density at radius 2 is 1.83 bits per heavy atom. The second kappa shape index (κ2) is 8.04. The van der Waals surface area contributed by atoms with Crippen molar-refractivity contribution in [3.63, 3.8) is 0 Å². The van der Waals surface area contributed by atoms with Crippen molar-refractivity contribution in [1.29, 1.82) is 0 Å². The molecular weight excluding hydrogens is 222 g/mol. The third-order valence-corrected chi connectivity index (χ3v) is 3.52. The molecule has 1 atom stereocenters. The Labute approximate surface area is 111 Å². The Morgan fingerprint density at radius 1 is 1.17 bits per heavy atom. The van der Waals surface area contributed by atoms with E-state index in [-0.39, 0.29) is 0 Å². The lowest BCUT2D eigenvalue weighted by atomic mass is 9.87. The standard InChI is InChI=1S/C16H25NO/c1-13(2)15(10-11-17)8-9-16(18)12-14-6-4-3-5-7-14/h3-7,13,15H,8-12,17H2,1-2H3. The monoisotopic (exact) mass is 247 g/mol. The molecule has 0 radical (unpaired) electrons. The van der Waals surface area contributed by atoms with E-state index in [4.69, 9.17) is 5.73 Å². The van der Waals surface area contributed by atoms with Crippen LogP contribution in [0.15, 0.2) is 30.3 Å². The summed E-state index contributed by atoms with van der Waals surface area (Å²) in [5, 5.41) is 0. The number of ketones is 1. The fraction of sp³-hybridized carbons (Fsp3) is 0.562. The van der Waals surface area contributed by atoms with E-state index < -0.39 is 0 Å². The first-order valence-electron chi connectivity index (χ1n) is 6.89. The number of carbonyl (C=O) groups excluding carboxylic acids is 1. The van der Waals surface area contributed by atoms with Gasteiger partial charge in [0.2, 0.25) is 0 Å². The van der Waals surface area contributed by atoms with Crippen LogP contribution in [0.2, 0.25) is 0 Å². The Balaban J connectivity index is 2.36. The highest BCUT2D eigenvalue weighted by Crippen LogP contribution is 2.20. The fourth-order valence-corrected chi connectivity index (χ4v) is 2.28. The zero-order valence-electron chi connectivity index (χ0n) is 11.6. The Hall–Kier alpha value is -1.15. The van der Waals surface area contributed by atoms with Crippen LogP contribution in [-0.2, 0) is 11.2 Å². The van der Waals surface area contributed by atoms with Crippen LogP contribution in [-0.4, -0.2) is 12.3 Å². The van der Waals surface area contributed by atoms with E-state index in [0.29, 0.717) is 30.5 Å². The highest BCUT2D eigenvalue weighted by Gasteiger charge is 2.14. The molecule has 0 aliphatic heterocycles. The SMILES string of the molecule is CC(C)C(CCN)CCC(=O)Cc1ccccc1. The minimum atomic E-state index is 0.337. The highest BCUT2D eigenvalue weighted by molar-refractivity contribution is 5.80. The fourth-order valence-electron chi connectivity index (χ4n) is 2.28. The van der Waals surface area contributed by atoms with Crippen LogP contribution in [0.25, 0.3) is 0 Å². The van der Waals surface area contributed by atoms with Gasteiger partial charge in [0.25, 0.3) is 0 Å². The van der Waals surface area contributed by atoms with Gasteiger partial charge in [0.05, 0.1) is 0 Å². The summed E-state index contributed by atoms with van der Waals surface area (Å²) >= 11 is 0. The highest BCUT2D eigenvalue weighted by atomic mass is 16.1. The van der Waals surface area contributed by atoms with Crippen molar-refractivity contribution in [2.24, 2.45) is 17.6 Å². The minimum absolute atomic E-state index is 0.337. The van der Waals surface area contributed by atoms with Gasteiger partial charge in [-0.25, -0.2) is 0 Å². The molecule has 1 rings (SSSR count). The molecule has 0 fully saturated rings. The zero-order valence-corrected chi connectivity index (χ0v) is 11.6. The third kappa shape index (κ3) is 5.46. The molecule has 2 N–H and O–H groups in total. The van der Waals surface area contributed by atoms with Crippen LogP contribution < -0.4 is 5.73 Å². The third-order valence-electron chi connectivity index (χ3n) is 3.52. The van der Waals surface area contributed by atoms with Crippen LogP contribution in [0.3, 0.4) is 0 Å². The van der Waals surface area contributed by atoms with Gasteiger partial charge in [-0.2, -0.15) is 0 Å². The maximum atomic E-state index is 11.9. The van der Waals surface area contributed by atoms with Crippen LogP contribution in [0.4, 0.5) is 0 Å². The van der Waals surface area contributed by atoms with Crippen molar-refractivity contribution in [2.45, 2.75) is 39.5 Å². The second-order valence-corrected chi connectivity index (χ2v) is 5.32. The molecule has 2 nitrogen and oxygen atoms in total. The summed E-state index contributed by atoms with van der Waals surface area (Å²) < 4.78 is 0. The van der Waals surface area contributed by atoms with E-state index in [9.17, 15) is 4.79 Å². The summed E-state index contributed by atoms with van der Waals surface area (Å²) in [5.74, 6) is 1.52. The Bertz CT molecular complexity index is 345. The van der Waals surface area contributed by atoms with Gasteiger partial charge >= 0.3 is 0 Å². The topological polar surface area (TPSA) is 43.1 Å². The molecule has 0 aliphatic rings. The Morgan fingerprint density at radius 3 is 2.39 bits per heavy atom. The van der Waals surface area contributed by atoms with E-state index in [1.165, 1.54) is 0 Å². The molecule has 0 heterocycles. The van der Waals surface area contributed by atoms with Gasteiger partial charge in [0, 0.05) is 12.8 Å². The summed E-state index contributed by atoms with van der Waals surface area (Å²) in [4.78, 5) is 11.9. The first kappa shape index (κ1) is 14.9. The van der Waals surface area contributed by atoms with Gasteiger partial charge in [-0.05, 0) is 36.8 Å². The molecule has 0 aromatic heterocycles. The lowest BCUT2D eigenvalue weighted by molar-refractivity contribution is -0.118. The molecular formula is C16H25NO. The van der Waals surface area contributed by atoms with Crippen molar-refractivity contribution in [3.05, 3.63) is 35.9 Å². The molecule has 0 saturated carbocycles. The molecule has 2 heteroatoms. The number of hydrogen-bond donors (Lipinski definition) is 1. The molecule has 1 aromatic rings. The van der Waals surface area contributed by atoms with E-state index in [2.05, 4.69) is 13.8 Å². The molecule has 0 amide bonds. The van der Waals surface area contributed by atoms with E-state index in [1.54, 1.807) is 0 Å². The molecule has 100 valence electrons. The average molecular weight is 247 g/mol. The van der Waals surface area contributed by atoms with Crippen molar-refractivity contribution in [1.82, 2.24) is 0 Å². The molecule has 0 bridgehead atoms. The number of hydrogen-bond acceptors (Lipinski definition) is 2. The van der Waals surface area contributed by atoms with Crippen LogP contribution >= 0.6 is 0 Å². The molecule has 1 unspecified atom stereocenters. The lowest BCUT2D eigenvalue weighted by Crippen LogP contribution is -2.16. The van der Waals surface area contributed by atoms with Crippen LogP contribution in [0, 0.1) is 11.8 Å². The molecule has 1 aromatic carbocycles. The van der Waals surface area contributed by atoms with Gasteiger partial charge in [-0.15, -0.1) is 0 Å².